The molecule has 0 aliphatic heterocycles. The van der Waals surface area contributed by atoms with Gasteiger partial charge in [-0.15, -0.1) is 0 Å². The van der Waals surface area contributed by atoms with Crippen LogP contribution in [0, 0.1) is 0 Å². The zero-order valence-electron chi connectivity index (χ0n) is 11.3. The summed E-state index contributed by atoms with van der Waals surface area (Å²) >= 11 is 0. The molecule has 0 fully saturated rings. The molecule has 0 saturated carbocycles. The molecule has 1 heterocycles. The lowest BCUT2D eigenvalue weighted by molar-refractivity contribution is 0.357. The van der Waals surface area contributed by atoms with Gasteiger partial charge >= 0.3 is 0 Å². The number of nitrogens with two attached hydrogens (primary N) is 1. The summed E-state index contributed by atoms with van der Waals surface area (Å²) in [5, 5.41) is 3.92. The van der Waals surface area contributed by atoms with Crippen LogP contribution in [0.4, 0.5) is 0 Å². The SMILES string of the molecule is COc1cccc(-c2nc(C(N)CN(C)C)no2)c1. The number of rotatable bonds is 5. The molecule has 1 aromatic carbocycles. The van der Waals surface area contributed by atoms with Gasteiger partial charge < -0.3 is 19.9 Å². The van der Waals surface area contributed by atoms with Crippen LogP contribution in [0.5, 0.6) is 5.75 Å². The molecule has 1 unspecified atom stereocenters. The first-order chi connectivity index (χ1) is 9.10. The van der Waals surface area contributed by atoms with Crippen molar-refractivity contribution in [2.24, 2.45) is 5.73 Å². The topological polar surface area (TPSA) is 77.4 Å². The molecule has 6 nitrogen and oxygen atoms in total. The number of hydrogen-bond donors (Lipinski definition) is 1. The maximum absolute atomic E-state index is 5.99. The lowest BCUT2D eigenvalue weighted by Gasteiger charge is -2.12. The Hall–Kier alpha value is -1.92. The molecule has 0 spiro atoms. The Morgan fingerprint density at radius 2 is 2.21 bits per heavy atom. The molecule has 102 valence electrons. The zero-order valence-corrected chi connectivity index (χ0v) is 11.3. The monoisotopic (exact) mass is 262 g/mol. The van der Waals surface area contributed by atoms with Gasteiger partial charge in [-0.05, 0) is 32.3 Å². The van der Waals surface area contributed by atoms with E-state index < -0.39 is 0 Å². The molecule has 2 rings (SSSR count). The second-order valence-electron chi connectivity index (χ2n) is 4.56. The molecule has 6 heteroatoms. The first-order valence-electron chi connectivity index (χ1n) is 5.98. The van der Waals surface area contributed by atoms with Crippen LogP contribution in [-0.4, -0.2) is 42.8 Å². The van der Waals surface area contributed by atoms with Crippen molar-refractivity contribution in [3.8, 4) is 17.2 Å². The van der Waals surface area contributed by atoms with Gasteiger partial charge in [0.1, 0.15) is 5.75 Å². The molecule has 1 aromatic heterocycles. The predicted octanol–water partition coefficient (Wildman–Crippen LogP) is 1.31. The number of ether oxygens (including phenoxy) is 1. The molecule has 0 aliphatic rings. The summed E-state index contributed by atoms with van der Waals surface area (Å²) in [5.41, 5.74) is 6.81. The van der Waals surface area contributed by atoms with E-state index in [-0.39, 0.29) is 6.04 Å². The highest BCUT2D eigenvalue weighted by molar-refractivity contribution is 5.55. The van der Waals surface area contributed by atoms with Crippen molar-refractivity contribution < 1.29 is 9.26 Å². The molecular weight excluding hydrogens is 244 g/mol. The lowest BCUT2D eigenvalue weighted by Crippen LogP contribution is -2.26. The van der Waals surface area contributed by atoms with Gasteiger partial charge in [0.25, 0.3) is 5.89 Å². The molecular formula is C13H18N4O2. The minimum atomic E-state index is -0.266. The van der Waals surface area contributed by atoms with Gasteiger partial charge in [0, 0.05) is 12.1 Å². The minimum Gasteiger partial charge on any atom is -0.497 e. The van der Waals surface area contributed by atoms with Crippen LogP contribution >= 0.6 is 0 Å². The molecule has 2 aromatic rings. The number of benzene rings is 1. The fourth-order valence-electron chi connectivity index (χ4n) is 1.73. The number of aromatic nitrogens is 2. The maximum atomic E-state index is 5.99. The van der Waals surface area contributed by atoms with Gasteiger partial charge in [0.05, 0.1) is 13.2 Å². The number of methoxy groups -OCH3 is 1. The highest BCUT2D eigenvalue weighted by Gasteiger charge is 2.16. The Labute approximate surface area is 112 Å². The summed E-state index contributed by atoms with van der Waals surface area (Å²) in [5.74, 6) is 1.70. The van der Waals surface area contributed by atoms with Gasteiger partial charge in [-0.1, -0.05) is 11.2 Å². The Morgan fingerprint density at radius 3 is 2.89 bits per heavy atom. The maximum Gasteiger partial charge on any atom is 0.258 e. The average Bonchev–Trinajstić information content (AvgIpc) is 2.88. The predicted molar refractivity (Wildman–Crippen MR) is 71.8 cm³/mol. The van der Waals surface area contributed by atoms with Gasteiger partial charge in [-0.3, -0.25) is 0 Å². The molecule has 0 aliphatic carbocycles. The summed E-state index contributed by atoms with van der Waals surface area (Å²) in [6, 6.07) is 7.20. The molecule has 0 saturated heterocycles. The Balaban J connectivity index is 2.20. The van der Waals surface area contributed by atoms with Crippen LogP contribution < -0.4 is 10.5 Å². The van der Waals surface area contributed by atoms with Crippen LogP contribution in [0.2, 0.25) is 0 Å². The molecule has 0 bridgehead atoms. The van der Waals surface area contributed by atoms with Gasteiger partial charge in [-0.2, -0.15) is 4.98 Å². The Kier molecular flexibility index (Phi) is 4.13. The van der Waals surface area contributed by atoms with Crippen molar-refractivity contribution in [3.05, 3.63) is 30.1 Å². The van der Waals surface area contributed by atoms with Gasteiger partial charge in [0.15, 0.2) is 5.82 Å². The zero-order chi connectivity index (χ0) is 13.8. The van der Waals surface area contributed by atoms with Crippen molar-refractivity contribution in [2.75, 3.05) is 27.7 Å². The van der Waals surface area contributed by atoms with Crippen molar-refractivity contribution >= 4 is 0 Å². The standard InChI is InChI=1S/C13H18N4O2/c1-17(2)8-11(14)12-15-13(19-16-12)9-5-4-6-10(7-9)18-3/h4-7,11H,8,14H2,1-3H3. The number of nitrogens with zero attached hydrogens (tertiary/aromatic N) is 3. The third-order valence-corrected chi connectivity index (χ3v) is 2.65. The molecule has 1 atom stereocenters. The average molecular weight is 262 g/mol. The van der Waals surface area contributed by atoms with Gasteiger partial charge in [0.2, 0.25) is 0 Å². The van der Waals surface area contributed by atoms with E-state index in [1.165, 1.54) is 0 Å². The third-order valence-electron chi connectivity index (χ3n) is 2.65. The van der Waals surface area contributed by atoms with E-state index in [4.69, 9.17) is 15.0 Å². The first-order valence-corrected chi connectivity index (χ1v) is 5.98. The van der Waals surface area contributed by atoms with Gasteiger partial charge in [-0.25, -0.2) is 0 Å². The van der Waals surface area contributed by atoms with Crippen molar-refractivity contribution in [2.45, 2.75) is 6.04 Å². The van der Waals surface area contributed by atoms with Crippen LogP contribution in [-0.2, 0) is 0 Å². The van der Waals surface area contributed by atoms with E-state index in [0.29, 0.717) is 18.3 Å². The summed E-state index contributed by atoms with van der Waals surface area (Å²) in [6.07, 6.45) is 0. The van der Waals surface area contributed by atoms with E-state index in [9.17, 15) is 0 Å². The van der Waals surface area contributed by atoms with E-state index in [1.807, 2.05) is 43.3 Å². The minimum absolute atomic E-state index is 0.266. The molecule has 0 amide bonds. The lowest BCUT2D eigenvalue weighted by atomic mass is 10.2. The second-order valence-corrected chi connectivity index (χ2v) is 4.56. The normalized spacial score (nSPS) is 12.7. The van der Waals surface area contributed by atoms with Crippen molar-refractivity contribution in [1.29, 1.82) is 0 Å². The van der Waals surface area contributed by atoms with Crippen molar-refractivity contribution in [1.82, 2.24) is 15.0 Å². The fraction of sp³-hybridized carbons (Fsp3) is 0.385. The van der Waals surface area contributed by atoms with Crippen LogP contribution in [0.25, 0.3) is 11.5 Å². The summed E-state index contributed by atoms with van der Waals surface area (Å²) in [7, 11) is 5.51. The summed E-state index contributed by atoms with van der Waals surface area (Å²) in [4.78, 5) is 6.30. The third kappa shape index (κ3) is 3.30. The number of hydrogen-bond acceptors (Lipinski definition) is 6. The fourth-order valence-corrected chi connectivity index (χ4v) is 1.73. The van der Waals surface area contributed by atoms with E-state index in [2.05, 4.69) is 10.1 Å². The largest absolute Gasteiger partial charge is 0.497 e. The van der Waals surface area contributed by atoms with Crippen molar-refractivity contribution in [3.63, 3.8) is 0 Å². The molecule has 2 N–H and O–H groups in total. The molecule has 19 heavy (non-hydrogen) atoms. The first kappa shape index (κ1) is 13.5. The Bertz CT molecular complexity index is 539. The number of likely N-dealkylation sites (N-methyl/N-ethyl adjacent to an activating group) is 1. The van der Waals surface area contributed by atoms with E-state index in [0.717, 1.165) is 11.3 Å². The quantitative estimate of drug-likeness (QED) is 0.875. The highest BCUT2D eigenvalue weighted by atomic mass is 16.5. The second kappa shape index (κ2) is 5.81. The Morgan fingerprint density at radius 1 is 1.42 bits per heavy atom. The van der Waals surface area contributed by atoms with E-state index >= 15 is 0 Å². The summed E-state index contributed by atoms with van der Waals surface area (Å²) in [6.45, 7) is 0.664. The van der Waals surface area contributed by atoms with Crippen LogP contribution in [0.15, 0.2) is 28.8 Å². The summed E-state index contributed by atoms with van der Waals surface area (Å²) < 4.78 is 10.4. The highest BCUT2D eigenvalue weighted by Crippen LogP contribution is 2.23. The smallest absolute Gasteiger partial charge is 0.258 e. The van der Waals surface area contributed by atoms with E-state index in [1.54, 1.807) is 7.11 Å². The van der Waals surface area contributed by atoms with Crippen LogP contribution in [0.1, 0.15) is 11.9 Å². The van der Waals surface area contributed by atoms with Crippen LogP contribution in [0.3, 0.4) is 0 Å². The molecule has 0 radical (unpaired) electrons.